The lowest BCUT2D eigenvalue weighted by Gasteiger charge is -2.56. The van der Waals surface area contributed by atoms with E-state index in [4.69, 9.17) is 4.74 Å². The summed E-state index contributed by atoms with van der Waals surface area (Å²) >= 11 is 1.60. The third kappa shape index (κ3) is 2.83. The summed E-state index contributed by atoms with van der Waals surface area (Å²) in [6, 6.07) is 2.05. The SMILES string of the molecule is CCOC1CC(O)C12CCN(C(=O)c1cc(CC)c(C)s1)CC2. The van der Waals surface area contributed by atoms with Crippen molar-refractivity contribution in [2.24, 2.45) is 5.41 Å². The Hall–Kier alpha value is -0.910. The Balaban J connectivity index is 1.65. The van der Waals surface area contributed by atoms with Crippen molar-refractivity contribution in [2.45, 2.75) is 58.7 Å². The number of carbonyl (C=O) groups is 1. The summed E-state index contributed by atoms with van der Waals surface area (Å²) in [6.45, 7) is 8.34. The van der Waals surface area contributed by atoms with Gasteiger partial charge in [-0.15, -0.1) is 11.3 Å². The van der Waals surface area contributed by atoms with Crippen LogP contribution in [0.2, 0.25) is 0 Å². The van der Waals surface area contributed by atoms with E-state index in [1.165, 1.54) is 10.4 Å². The molecule has 1 aliphatic carbocycles. The number of nitrogens with zero attached hydrogens (tertiary/aromatic N) is 1. The van der Waals surface area contributed by atoms with Gasteiger partial charge in [0, 0.05) is 36.4 Å². The van der Waals surface area contributed by atoms with Gasteiger partial charge in [0.15, 0.2) is 0 Å². The van der Waals surface area contributed by atoms with Crippen molar-refractivity contribution in [3.8, 4) is 0 Å². The van der Waals surface area contributed by atoms with Crippen LogP contribution in [0.5, 0.6) is 0 Å². The van der Waals surface area contributed by atoms with Crippen molar-refractivity contribution in [1.29, 1.82) is 0 Å². The third-order valence-corrected chi connectivity index (χ3v) is 6.78. The molecule has 0 aromatic carbocycles. The zero-order valence-electron chi connectivity index (χ0n) is 14.3. The minimum atomic E-state index is -0.271. The second-order valence-corrected chi connectivity index (χ2v) is 8.02. The smallest absolute Gasteiger partial charge is 0.263 e. The second kappa shape index (κ2) is 6.54. The molecule has 128 valence electrons. The van der Waals surface area contributed by atoms with Crippen LogP contribution in [0.25, 0.3) is 0 Å². The van der Waals surface area contributed by atoms with Crippen LogP contribution in [-0.2, 0) is 11.2 Å². The summed E-state index contributed by atoms with van der Waals surface area (Å²) < 4.78 is 5.79. The average Bonchev–Trinajstić information content (AvgIpc) is 2.95. The number of likely N-dealkylation sites (tertiary alicyclic amines) is 1. The molecule has 1 aromatic heterocycles. The molecule has 2 aliphatic rings. The standard InChI is InChI=1S/C18H27NO3S/c1-4-13-10-14(23-12(13)3)17(21)19-8-6-18(7-9-19)15(20)11-16(18)22-5-2/h10,15-16,20H,4-9,11H2,1-3H3. The van der Waals surface area contributed by atoms with Gasteiger partial charge >= 0.3 is 0 Å². The number of aliphatic hydroxyl groups is 1. The number of hydrogen-bond donors (Lipinski definition) is 1. The highest BCUT2D eigenvalue weighted by atomic mass is 32.1. The third-order valence-electron chi connectivity index (χ3n) is 5.70. The van der Waals surface area contributed by atoms with E-state index in [9.17, 15) is 9.90 Å². The summed E-state index contributed by atoms with van der Waals surface area (Å²) in [5.74, 6) is 0.148. The molecular formula is C18H27NO3S. The van der Waals surface area contributed by atoms with Gasteiger partial charge in [-0.2, -0.15) is 0 Å². The molecule has 2 unspecified atom stereocenters. The van der Waals surface area contributed by atoms with Gasteiger partial charge in [-0.3, -0.25) is 4.79 Å². The van der Waals surface area contributed by atoms with E-state index in [2.05, 4.69) is 13.8 Å². The van der Waals surface area contributed by atoms with E-state index in [1.807, 2.05) is 17.9 Å². The molecule has 1 saturated carbocycles. The molecule has 0 radical (unpaired) electrons. The van der Waals surface area contributed by atoms with Crippen LogP contribution in [0.4, 0.5) is 0 Å². The number of hydrogen-bond acceptors (Lipinski definition) is 4. The van der Waals surface area contributed by atoms with Crippen LogP contribution in [0.1, 0.15) is 53.2 Å². The molecule has 3 rings (SSSR count). The first-order valence-corrected chi connectivity index (χ1v) is 9.51. The van der Waals surface area contributed by atoms with Gasteiger partial charge in [0.2, 0.25) is 0 Å². The first-order valence-electron chi connectivity index (χ1n) is 8.70. The average molecular weight is 337 g/mol. The Morgan fingerprint density at radius 1 is 1.43 bits per heavy atom. The first-order chi connectivity index (χ1) is 11.0. The summed E-state index contributed by atoms with van der Waals surface area (Å²) in [7, 11) is 0. The molecule has 4 nitrogen and oxygen atoms in total. The summed E-state index contributed by atoms with van der Waals surface area (Å²) in [6.07, 6.45) is 3.29. The Labute approximate surface area is 142 Å². The van der Waals surface area contributed by atoms with E-state index in [0.29, 0.717) is 6.61 Å². The van der Waals surface area contributed by atoms with Gasteiger partial charge in [-0.1, -0.05) is 6.92 Å². The van der Waals surface area contributed by atoms with E-state index >= 15 is 0 Å². The van der Waals surface area contributed by atoms with Crippen LogP contribution < -0.4 is 0 Å². The topological polar surface area (TPSA) is 49.8 Å². The van der Waals surface area contributed by atoms with Crippen molar-refractivity contribution < 1.29 is 14.6 Å². The molecule has 2 atom stereocenters. The van der Waals surface area contributed by atoms with Crippen LogP contribution in [0.3, 0.4) is 0 Å². The zero-order chi connectivity index (χ0) is 16.6. The lowest BCUT2D eigenvalue weighted by atomic mass is 9.58. The Bertz CT molecular complexity index is 573. The molecule has 23 heavy (non-hydrogen) atoms. The summed E-state index contributed by atoms with van der Waals surface area (Å²) in [5.41, 5.74) is 1.16. The lowest BCUT2D eigenvalue weighted by Crippen LogP contribution is -2.62. The fraction of sp³-hybridized carbons (Fsp3) is 0.722. The van der Waals surface area contributed by atoms with Crippen molar-refractivity contribution in [1.82, 2.24) is 4.90 Å². The highest BCUT2D eigenvalue weighted by Crippen LogP contribution is 2.51. The van der Waals surface area contributed by atoms with E-state index in [-0.39, 0.29) is 23.5 Å². The lowest BCUT2D eigenvalue weighted by molar-refractivity contribution is -0.207. The van der Waals surface area contributed by atoms with Crippen LogP contribution in [-0.4, -0.2) is 47.8 Å². The molecule has 1 aliphatic heterocycles. The quantitative estimate of drug-likeness (QED) is 0.919. The number of aryl methyl sites for hydroxylation is 2. The molecule has 2 heterocycles. The fourth-order valence-electron chi connectivity index (χ4n) is 4.07. The Morgan fingerprint density at radius 2 is 2.13 bits per heavy atom. The normalized spacial score (nSPS) is 26.3. The van der Waals surface area contributed by atoms with E-state index < -0.39 is 0 Å². The number of thiophene rings is 1. The monoisotopic (exact) mass is 337 g/mol. The maximum Gasteiger partial charge on any atom is 0.263 e. The van der Waals surface area contributed by atoms with Gasteiger partial charge in [0.25, 0.3) is 5.91 Å². The van der Waals surface area contributed by atoms with Gasteiger partial charge in [-0.05, 0) is 44.7 Å². The van der Waals surface area contributed by atoms with Gasteiger partial charge in [0.1, 0.15) is 0 Å². The molecule has 1 amide bonds. The maximum atomic E-state index is 12.7. The second-order valence-electron chi connectivity index (χ2n) is 6.77. The molecule has 0 bridgehead atoms. The van der Waals surface area contributed by atoms with E-state index in [1.54, 1.807) is 11.3 Å². The Kier molecular flexibility index (Phi) is 4.81. The van der Waals surface area contributed by atoms with Crippen molar-refractivity contribution in [3.05, 3.63) is 21.4 Å². The predicted molar refractivity (Wildman–Crippen MR) is 92.0 cm³/mol. The number of ether oxygens (including phenoxy) is 1. The fourth-order valence-corrected chi connectivity index (χ4v) is 5.16. The van der Waals surface area contributed by atoms with Crippen LogP contribution in [0, 0.1) is 12.3 Å². The minimum absolute atomic E-state index is 0.118. The molecule has 1 saturated heterocycles. The predicted octanol–water partition coefficient (Wildman–Crippen LogP) is 3.01. The van der Waals surface area contributed by atoms with Gasteiger partial charge in [0.05, 0.1) is 17.1 Å². The first kappa shape index (κ1) is 16.9. The molecule has 5 heteroatoms. The summed E-state index contributed by atoms with van der Waals surface area (Å²) in [4.78, 5) is 16.8. The highest BCUT2D eigenvalue weighted by Gasteiger charge is 2.56. The molecule has 1 spiro atoms. The molecule has 1 aromatic rings. The summed E-state index contributed by atoms with van der Waals surface area (Å²) in [5, 5.41) is 10.3. The number of aliphatic hydroxyl groups excluding tert-OH is 1. The molecule has 2 fully saturated rings. The Morgan fingerprint density at radius 3 is 2.65 bits per heavy atom. The largest absolute Gasteiger partial charge is 0.392 e. The van der Waals surface area contributed by atoms with Gasteiger partial charge < -0.3 is 14.7 Å². The van der Waals surface area contributed by atoms with Crippen LogP contribution >= 0.6 is 11.3 Å². The number of piperidine rings is 1. The zero-order valence-corrected chi connectivity index (χ0v) is 15.1. The number of rotatable bonds is 4. The maximum absolute atomic E-state index is 12.7. The number of carbonyl (C=O) groups excluding carboxylic acids is 1. The van der Waals surface area contributed by atoms with E-state index in [0.717, 1.165) is 43.6 Å². The minimum Gasteiger partial charge on any atom is -0.392 e. The van der Waals surface area contributed by atoms with Gasteiger partial charge in [-0.25, -0.2) is 0 Å². The highest BCUT2D eigenvalue weighted by molar-refractivity contribution is 7.14. The number of amides is 1. The molecule has 1 N–H and O–H groups in total. The van der Waals surface area contributed by atoms with Crippen LogP contribution in [0.15, 0.2) is 6.07 Å². The molecular weight excluding hydrogens is 310 g/mol. The van der Waals surface area contributed by atoms with Crippen molar-refractivity contribution in [2.75, 3.05) is 19.7 Å². The van der Waals surface area contributed by atoms with Crippen molar-refractivity contribution >= 4 is 17.2 Å². The van der Waals surface area contributed by atoms with Crippen molar-refractivity contribution in [3.63, 3.8) is 0 Å².